The highest BCUT2D eigenvalue weighted by molar-refractivity contribution is 6.72. The summed E-state index contributed by atoms with van der Waals surface area (Å²) in [6.07, 6.45) is 0. The maximum Gasteiger partial charge on any atom is 0.407 e. The normalized spacial score (nSPS) is 13.3. The van der Waals surface area contributed by atoms with Crippen LogP contribution in [0.5, 0.6) is 11.5 Å². The highest BCUT2D eigenvalue weighted by Crippen LogP contribution is 2.49. The molecule has 0 unspecified atom stereocenters. The molecule has 0 saturated heterocycles. The van der Waals surface area contributed by atoms with Gasteiger partial charge in [-0.15, -0.1) is 0 Å². The molecule has 0 amide bonds. The van der Waals surface area contributed by atoms with Gasteiger partial charge in [0.25, 0.3) is 0 Å². The molecule has 0 spiro atoms. The maximum atomic E-state index is 11.2. The predicted octanol–water partition coefficient (Wildman–Crippen LogP) is 4.11. The van der Waals surface area contributed by atoms with E-state index in [0.717, 1.165) is 5.75 Å². The molecule has 4 heteroatoms. The molecule has 1 N–H and O–H groups in total. The topological polar surface area (TPSA) is 38.7 Å². The van der Waals surface area contributed by atoms with Crippen molar-refractivity contribution in [3.05, 3.63) is 24.3 Å². The Morgan fingerprint density at radius 3 is 1.84 bits per heavy atom. The first-order chi connectivity index (χ1) is 8.51. The number of ether oxygens (including phenoxy) is 1. The van der Waals surface area contributed by atoms with Crippen molar-refractivity contribution in [2.24, 2.45) is 0 Å². The standard InChI is InChI=1S/C15H26O3Si/c1-14(2,3)19(16,15(4,5)6)18-13-10-8-9-12(11-13)17-7/h8-11,16H,1-7H3. The van der Waals surface area contributed by atoms with E-state index in [1.54, 1.807) is 7.11 Å². The second-order valence-electron chi connectivity index (χ2n) is 6.93. The molecule has 0 aliphatic heterocycles. The van der Waals surface area contributed by atoms with Gasteiger partial charge in [0.2, 0.25) is 0 Å². The quantitative estimate of drug-likeness (QED) is 0.848. The van der Waals surface area contributed by atoms with Crippen LogP contribution in [0.3, 0.4) is 0 Å². The molecule has 0 bridgehead atoms. The van der Waals surface area contributed by atoms with Crippen molar-refractivity contribution in [3.8, 4) is 11.5 Å². The molecule has 0 saturated carbocycles. The van der Waals surface area contributed by atoms with Gasteiger partial charge in [0.15, 0.2) is 0 Å². The Morgan fingerprint density at radius 1 is 0.947 bits per heavy atom. The zero-order valence-electron chi connectivity index (χ0n) is 13.1. The Hall–Kier alpha value is -1.00. The van der Waals surface area contributed by atoms with E-state index < -0.39 is 8.56 Å². The maximum absolute atomic E-state index is 11.2. The summed E-state index contributed by atoms with van der Waals surface area (Å²) in [5.41, 5.74) is 0. The Morgan fingerprint density at radius 2 is 1.42 bits per heavy atom. The fourth-order valence-corrected chi connectivity index (χ4v) is 5.60. The van der Waals surface area contributed by atoms with Crippen molar-refractivity contribution in [2.75, 3.05) is 7.11 Å². The molecule has 0 aromatic heterocycles. The lowest BCUT2D eigenvalue weighted by atomic mass is 10.2. The Bertz CT molecular complexity index is 416. The average molecular weight is 282 g/mol. The van der Waals surface area contributed by atoms with E-state index in [4.69, 9.17) is 9.16 Å². The number of hydrogen-bond donors (Lipinski definition) is 1. The highest BCUT2D eigenvalue weighted by Gasteiger charge is 2.57. The van der Waals surface area contributed by atoms with E-state index in [0.29, 0.717) is 5.75 Å². The Kier molecular flexibility index (Phi) is 4.37. The zero-order chi connectivity index (χ0) is 14.9. The first-order valence-corrected chi connectivity index (χ1v) is 8.42. The van der Waals surface area contributed by atoms with Gasteiger partial charge in [-0.2, -0.15) is 0 Å². The van der Waals surface area contributed by atoms with Crippen LogP contribution in [0.1, 0.15) is 41.5 Å². The molecule has 3 nitrogen and oxygen atoms in total. The molecule has 0 fully saturated rings. The summed E-state index contributed by atoms with van der Waals surface area (Å²) in [5, 5.41) is -0.567. The molecule has 0 heterocycles. The fraction of sp³-hybridized carbons (Fsp3) is 0.600. The van der Waals surface area contributed by atoms with Gasteiger partial charge in [-0.3, -0.25) is 0 Å². The molecule has 0 aliphatic rings. The summed E-state index contributed by atoms with van der Waals surface area (Å²) < 4.78 is 11.3. The van der Waals surface area contributed by atoms with Gasteiger partial charge in [-0.1, -0.05) is 47.6 Å². The SMILES string of the molecule is COc1cccc(O[Si](O)(C(C)(C)C)C(C)(C)C)c1. The van der Waals surface area contributed by atoms with Crippen LogP contribution < -0.4 is 9.16 Å². The van der Waals surface area contributed by atoms with Crippen LogP contribution in [0.2, 0.25) is 10.1 Å². The Balaban J connectivity index is 3.16. The van der Waals surface area contributed by atoms with Gasteiger partial charge in [0.1, 0.15) is 11.5 Å². The molecular weight excluding hydrogens is 256 g/mol. The van der Waals surface area contributed by atoms with E-state index in [1.807, 2.05) is 65.8 Å². The molecule has 1 aromatic carbocycles. The van der Waals surface area contributed by atoms with Crippen molar-refractivity contribution in [1.82, 2.24) is 0 Å². The lowest BCUT2D eigenvalue weighted by Crippen LogP contribution is -2.57. The fourth-order valence-electron chi connectivity index (χ4n) is 2.27. The Labute approximate surface area is 117 Å². The molecule has 1 rings (SSSR count). The van der Waals surface area contributed by atoms with Crippen LogP contribution >= 0.6 is 0 Å². The molecule has 0 atom stereocenters. The third-order valence-electron chi connectivity index (χ3n) is 3.34. The van der Waals surface area contributed by atoms with Gasteiger partial charge in [-0.05, 0) is 12.1 Å². The molecular formula is C15H26O3Si. The number of rotatable bonds is 3. The lowest BCUT2D eigenvalue weighted by molar-refractivity contribution is 0.283. The minimum atomic E-state index is -2.98. The molecule has 19 heavy (non-hydrogen) atoms. The summed E-state index contributed by atoms with van der Waals surface area (Å²) in [6.45, 7) is 12.2. The monoisotopic (exact) mass is 282 g/mol. The van der Waals surface area contributed by atoms with Gasteiger partial charge >= 0.3 is 8.56 Å². The third-order valence-corrected chi connectivity index (χ3v) is 7.94. The van der Waals surface area contributed by atoms with Gasteiger partial charge < -0.3 is 14.0 Å². The average Bonchev–Trinajstić information content (AvgIpc) is 2.26. The minimum absolute atomic E-state index is 0.283. The first-order valence-electron chi connectivity index (χ1n) is 6.57. The van der Waals surface area contributed by atoms with Crippen molar-refractivity contribution >= 4 is 8.56 Å². The van der Waals surface area contributed by atoms with Crippen LogP contribution in [-0.2, 0) is 0 Å². The number of hydrogen-bond acceptors (Lipinski definition) is 3. The highest BCUT2D eigenvalue weighted by atomic mass is 28.4. The van der Waals surface area contributed by atoms with E-state index in [1.165, 1.54) is 0 Å². The minimum Gasteiger partial charge on any atom is -0.519 e. The lowest BCUT2D eigenvalue weighted by Gasteiger charge is -2.45. The van der Waals surface area contributed by atoms with Crippen molar-refractivity contribution in [3.63, 3.8) is 0 Å². The van der Waals surface area contributed by atoms with Crippen LogP contribution in [0.25, 0.3) is 0 Å². The predicted molar refractivity (Wildman–Crippen MR) is 81.0 cm³/mol. The molecule has 1 aromatic rings. The summed E-state index contributed by atoms with van der Waals surface area (Å²) in [6, 6.07) is 7.41. The van der Waals surface area contributed by atoms with Crippen molar-refractivity contribution in [1.29, 1.82) is 0 Å². The second kappa shape index (κ2) is 5.17. The van der Waals surface area contributed by atoms with Crippen LogP contribution in [0.15, 0.2) is 24.3 Å². The number of methoxy groups -OCH3 is 1. The molecule has 108 valence electrons. The molecule has 0 radical (unpaired) electrons. The largest absolute Gasteiger partial charge is 0.519 e. The summed E-state index contributed by atoms with van der Waals surface area (Å²) >= 11 is 0. The van der Waals surface area contributed by atoms with Crippen molar-refractivity contribution < 1.29 is 14.0 Å². The van der Waals surface area contributed by atoms with Crippen LogP contribution in [0, 0.1) is 0 Å². The third kappa shape index (κ3) is 3.31. The van der Waals surface area contributed by atoms with E-state index in [9.17, 15) is 4.80 Å². The van der Waals surface area contributed by atoms with Crippen LogP contribution in [0.4, 0.5) is 0 Å². The number of benzene rings is 1. The van der Waals surface area contributed by atoms with E-state index >= 15 is 0 Å². The second-order valence-corrected chi connectivity index (χ2v) is 11.4. The van der Waals surface area contributed by atoms with E-state index in [-0.39, 0.29) is 10.1 Å². The van der Waals surface area contributed by atoms with Gasteiger partial charge in [0.05, 0.1) is 7.11 Å². The summed E-state index contributed by atoms with van der Waals surface area (Å²) in [4.78, 5) is 11.2. The summed E-state index contributed by atoms with van der Waals surface area (Å²) in [7, 11) is -1.36. The molecule has 0 aliphatic carbocycles. The van der Waals surface area contributed by atoms with Crippen LogP contribution in [-0.4, -0.2) is 20.5 Å². The zero-order valence-corrected chi connectivity index (χ0v) is 14.1. The summed E-state index contributed by atoms with van der Waals surface area (Å²) in [5.74, 6) is 1.40. The first kappa shape index (κ1) is 16.1. The van der Waals surface area contributed by atoms with Crippen molar-refractivity contribution in [2.45, 2.75) is 51.6 Å². The van der Waals surface area contributed by atoms with Gasteiger partial charge in [-0.25, -0.2) is 0 Å². The van der Waals surface area contributed by atoms with Gasteiger partial charge in [0, 0.05) is 16.1 Å². The smallest absolute Gasteiger partial charge is 0.407 e. The van der Waals surface area contributed by atoms with E-state index in [2.05, 4.69) is 0 Å².